The Morgan fingerprint density at radius 3 is 1.91 bits per heavy atom. The van der Waals surface area contributed by atoms with E-state index in [0.29, 0.717) is 0 Å². The summed E-state index contributed by atoms with van der Waals surface area (Å²) < 4.78 is 22.8. The van der Waals surface area contributed by atoms with E-state index in [4.69, 9.17) is 13.2 Å². The van der Waals surface area contributed by atoms with Gasteiger partial charge in [-0.2, -0.15) is 13.2 Å². The van der Waals surface area contributed by atoms with E-state index < -0.39 is 10.5 Å². The summed E-state index contributed by atoms with van der Waals surface area (Å²) in [6, 6.07) is 0. The van der Waals surface area contributed by atoms with Crippen LogP contribution in [0.2, 0.25) is 0 Å². The first kappa shape index (κ1) is 10.5. The van der Waals surface area contributed by atoms with Gasteiger partial charge in [0.2, 0.25) is 0 Å². The fourth-order valence-corrected chi connectivity index (χ4v) is 0.777. The Bertz CT molecular complexity index is 174. The molecule has 0 amide bonds. The van der Waals surface area contributed by atoms with E-state index in [1.165, 1.54) is 13.1 Å². The molecule has 5 nitrogen and oxygen atoms in total. The van der Waals surface area contributed by atoms with Crippen molar-refractivity contribution in [1.82, 2.24) is 10.2 Å². The Kier molecular flexibility index (Phi) is 6.00. The van der Waals surface area contributed by atoms with Crippen LogP contribution >= 0.6 is 0 Å². The van der Waals surface area contributed by atoms with Crippen LogP contribution in [-0.4, -0.2) is 46.5 Å². The number of piperazine rings is 1. The lowest BCUT2D eigenvalue weighted by Crippen LogP contribution is -2.40. The first-order chi connectivity index (χ1) is 5.13. The average molecular weight is 179 g/mol. The molecular formula is C5H13N3O2S. The average Bonchev–Trinajstić information content (AvgIpc) is 1.87. The number of likely N-dealkylation sites (N-methyl/N-ethyl adjacent to an activating group) is 1. The summed E-state index contributed by atoms with van der Waals surface area (Å²) in [6.07, 6.45) is 0. The van der Waals surface area contributed by atoms with Gasteiger partial charge < -0.3 is 10.2 Å². The second-order valence-corrected chi connectivity index (χ2v) is 2.76. The molecule has 66 valence electrons. The van der Waals surface area contributed by atoms with Crippen LogP contribution in [0.15, 0.2) is 0 Å². The molecule has 0 unspecified atom stereocenters. The number of rotatable bonds is 0. The van der Waals surface area contributed by atoms with Gasteiger partial charge in [0, 0.05) is 26.2 Å². The molecule has 1 saturated heterocycles. The first-order valence-electron chi connectivity index (χ1n) is 3.32. The number of nitrogens with one attached hydrogen (secondary N) is 2. The van der Waals surface area contributed by atoms with Gasteiger partial charge in [0.15, 0.2) is 0 Å². The van der Waals surface area contributed by atoms with Crippen molar-refractivity contribution >= 4 is 10.5 Å². The van der Waals surface area contributed by atoms with Gasteiger partial charge in [-0.05, 0) is 7.05 Å². The highest BCUT2D eigenvalue weighted by molar-refractivity contribution is 7.60. The molecule has 0 aromatic carbocycles. The lowest BCUT2D eigenvalue weighted by molar-refractivity contribution is 0.291. The lowest BCUT2D eigenvalue weighted by atomic mass is 10.4. The van der Waals surface area contributed by atoms with Gasteiger partial charge in [-0.25, -0.2) is 0 Å². The summed E-state index contributed by atoms with van der Waals surface area (Å²) in [7, 11) is -0.457. The third-order valence-corrected chi connectivity index (χ3v) is 1.34. The SMILES string of the molecule is CN1CCNCC1.N=S(=O)=O. The fourth-order valence-electron chi connectivity index (χ4n) is 0.777. The van der Waals surface area contributed by atoms with E-state index >= 15 is 0 Å². The molecule has 1 fully saturated rings. The van der Waals surface area contributed by atoms with Crippen molar-refractivity contribution in [3.8, 4) is 0 Å². The molecule has 0 atom stereocenters. The zero-order valence-electron chi connectivity index (χ0n) is 6.50. The molecule has 1 aliphatic heterocycles. The van der Waals surface area contributed by atoms with Crippen molar-refractivity contribution in [3.05, 3.63) is 0 Å². The molecule has 2 N–H and O–H groups in total. The predicted octanol–water partition coefficient (Wildman–Crippen LogP) is -0.851. The fraction of sp³-hybridized carbons (Fsp3) is 1.00. The van der Waals surface area contributed by atoms with E-state index in [1.807, 2.05) is 0 Å². The molecule has 0 aliphatic carbocycles. The lowest BCUT2D eigenvalue weighted by Gasteiger charge is -2.21. The third-order valence-electron chi connectivity index (χ3n) is 1.34. The Morgan fingerprint density at radius 1 is 1.36 bits per heavy atom. The molecule has 6 heteroatoms. The maximum atomic E-state index is 8.67. The van der Waals surface area contributed by atoms with Crippen molar-refractivity contribution in [2.45, 2.75) is 0 Å². The Labute approximate surface area is 67.9 Å². The summed E-state index contributed by atoms with van der Waals surface area (Å²) in [4.78, 5) is 2.33. The predicted molar refractivity (Wildman–Crippen MR) is 42.0 cm³/mol. The molecular weight excluding hydrogens is 166 g/mol. The van der Waals surface area contributed by atoms with Crippen molar-refractivity contribution in [2.24, 2.45) is 0 Å². The van der Waals surface area contributed by atoms with E-state index in [0.717, 1.165) is 13.1 Å². The first-order valence-corrected chi connectivity index (χ1v) is 4.40. The smallest absolute Gasteiger partial charge is 0.308 e. The van der Waals surface area contributed by atoms with Gasteiger partial charge in [-0.3, -0.25) is 0 Å². The monoisotopic (exact) mass is 179 g/mol. The maximum Gasteiger partial charge on any atom is 0.308 e. The van der Waals surface area contributed by atoms with E-state index in [1.54, 1.807) is 0 Å². The molecule has 1 aliphatic rings. The zero-order valence-corrected chi connectivity index (χ0v) is 7.32. The third kappa shape index (κ3) is 9.54. The largest absolute Gasteiger partial charge is 0.314 e. The van der Waals surface area contributed by atoms with Crippen LogP contribution < -0.4 is 5.32 Å². The summed E-state index contributed by atoms with van der Waals surface area (Å²) in [5, 5.41) is 3.27. The molecule has 0 spiro atoms. The molecule has 0 radical (unpaired) electrons. The van der Waals surface area contributed by atoms with E-state index in [2.05, 4.69) is 17.3 Å². The Balaban J connectivity index is 0.000000218. The van der Waals surface area contributed by atoms with Crippen LogP contribution in [0.4, 0.5) is 0 Å². The van der Waals surface area contributed by atoms with E-state index in [-0.39, 0.29) is 0 Å². The topological polar surface area (TPSA) is 73.3 Å². The van der Waals surface area contributed by atoms with Crippen molar-refractivity contribution in [3.63, 3.8) is 0 Å². The second kappa shape index (κ2) is 6.26. The van der Waals surface area contributed by atoms with Gasteiger partial charge in [-0.15, -0.1) is 0 Å². The van der Waals surface area contributed by atoms with Crippen LogP contribution in [-0.2, 0) is 10.5 Å². The van der Waals surface area contributed by atoms with Gasteiger partial charge >= 0.3 is 10.5 Å². The molecule has 0 aromatic rings. The van der Waals surface area contributed by atoms with Gasteiger partial charge in [-0.1, -0.05) is 0 Å². The Morgan fingerprint density at radius 2 is 1.73 bits per heavy atom. The van der Waals surface area contributed by atoms with Crippen molar-refractivity contribution < 1.29 is 8.42 Å². The van der Waals surface area contributed by atoms with E-state index in [9.17, 15) is 0 Å². The van der Waals surface area contributed by atoms with Crippen LogP contribution in [0.5, 0.6) is 0 Å². The minimum atomic E-state index is -2.61. The Hall–Kier alpha value is -0.460. The second-order valence-electron chi connectivity index (χ2n) is 2.29. The molecule has 0 bridgehead atoms. The normalized spacial score (nSPS) is 18.3. The van der Waals surface area contributed by atoms with Crippen LogP contribution in [0, 0.1) is 4.78 Å². The number of hydrogen-bond donors (Lipinski definition) is 2. The molecule has 0 saturated carbocycles. The van der Waals surface area contributed by atoms with Crippen molar-refractivity contribution in [1.29, 1.82) is 4.78 Å². The van der Waals surface area contributed by atoms with Crippen LogP contribution in [0.25, 0.3) is 0 Å². The molecule has 11 heavy (non-hydrogen) atoms. The van der Waals surface area contributed by atoms with Gasteiger partial charge in [0.1, 0.15) is 0 Å². The standard InChI is InChI=1S/C5H12N2.HNO2S/c1-7-4-2-6-3-5-7;1-4(2)3/h6H,2-5H2,1H3;1H. The molecule has 0 aromatic heterocycles. The highest BCUT2D eigenvalue weighted by Crippen LogP contribution is 1.82. The van der Waals surface area contributed by atoms with Crippen molar-refractivity contribution in [2.75, 3.05) is 33.2 Å². The zero-order chi connectivity index (χ0) is 8.69. The minimum absolute atomic E-state index is 1.16. The highest BCUT2D eigenvalue weighted by atomic mass is 32.2. The summed E-state index contributed by atoms with van der Waals surface area (Å²) in [5.74, 6) is 0. The number of hydrogen-bond acceptors (Lipinski definition) is 5. The molecule has 1 rings (SSSR count). The highest BCUT2D eigenvalue weighted by Gasteiger charge is 2.01. The number of nitrogens with zero attached hydrogens (tertiary/aromatic N) is 1. The summed E-state index contributed by atoms with van der Waals surface area (Å²) in [6.45, 7) is 4.74. The maximum absolute atomic E-state index is 8.67. The van der Waals surface area contributed by atoms with Gasteiger partial charge in [0.05, 0.1) is 0 Å². The summed E-state index contributed by atoms with van der Waals surface area (Å²) >= 11 is 0. The van der Waals surface area contributed by atoms with Gasteiger partial charge in [0.25, 0.3) is 0 Å². The quantitative estimate of drug-likeness (QED) is 0.508. The minimum Gasteiger partial charge on any atom is -0.314 e. The molecule has 1 heterocycles. The van der Waals surface area contributed by atoms with Crippen LogP contribution in [0.3, 0.4) is 0 Å². The summed E-state index contributed by atoms with van der Waals surface area (Å²) in [5.41, 5.74) is 0. The van der Waals surface area contributed by atoms with Crippen LogP contribution in [0.1, 0.15) is 0 Å².